The lowest BCUT2D eigenvalue weighted by Crippen LogP contribution is -2.08. The first-order valence-electron chi connectivity index (χ1n) is 6.32. The van der Waals surface area contributed by atoms with Gasteiger partial charge in [-0.2, -0.15) is 0 Å². The van der Waals surface area contributed by atoms with E-state index in [2.05, 4.69) is 37.9 Å². The Morgan fingerprint density at radius 1 is 1.15 bits per heavy atom. The summed E-state index contributed by atoms with van der Waals surface area (Å²) in [5.74, 6) is 0.907. The Labute approximate surface area is 136 Å². The molecule has 0 saturated carbocycles. The fourth-order valence-electron chi connectivity index (χ4n) is 2.17. The zero-order chi connectivity index (χ0) is 14.5. The molecule has 4 heteroatoms. The lowest BCUT2D eigenvalue weighted by Gasteiger charge is -2.16. The maximum atomic E-state index is 9.65. The Morgan fingerprint density at radius 3 is 2.55 bits per heavy atom. The van der Waals surface area contributed by atoms with E-state index >= 15 is 0 Å². The monoisotopic (exact) mass is 398 g/mol. The van der Waals surface area contributed by atoms with Gasteiger partial charge in [0.1, 0.15) is 5.75 Å². The van der Waals surface area contributed by atoms with Crippen molar-refractivity contribution in [2.45, 2.75) is 12.3 Å². The van der Waals surface area contributed by atoms with Crippen LogP contribution in [0.1, 0.15) is 17.0 Å². The van der Waals surface area contributed by atoms with Crippen LogP contribution < -0.4 is 4.74 Å². The van der Waals surface area contributed by atoms with E-state index in [0.29, 0.717) is 0 Å². The van der Waals surface area contributed by atoms with Crippen LogP contribution in [0.25, 0.3) is 0 Å². The first kappa shape index (κ1) is 15.5. The van der Waals surface area contributed by atoms with E-state index in [1.807, 2.05) is 36.4 Å². The predicted molar refractivity (Wildman–Crippen MR) is 88.4 cm³/mol. The van der Waals surface area contributed by atoms with Gasteiger partial charge in [-0.1, -0.05) is 34.1 Å². The molecule has 0 aliphatic carbocycles. The average Bonchev–Trinajstić information content (AvgIpc) is 2.45. The molecule has 2 aromatic carbocycles. The second-order valence-electron chi connectivity index (χ2n) is 4.61. The van der Waals surface area contributed by atoms with E-state index in [1.165, 1.54) is 0 Å². The van der Waals surface area contributed by atoms with Crippen molar-refractivity contribution in [3.8, 4) is 5.75 Å². The van der Waals surface area contributed by atoms with E-state index in [-0.39, 0.29) is 12.5 Å². The van der Waals surface area contributed by atoms with Gasteiger partial charge in [-0.3, -0.25) is 0 Å². The zero-order valence-corrected chi connectivity index (χ0v) is 14.3. The highest BCUT2D eigenvalue weighted by atomic mass is 79.9. The number of aliphatic hydroxyl groups is 1. The third-order valence-corrected chi connectivity index (χ3v) is 4.35. The van der Waals surface area contributed by atoms with Crippen LogP contribution in [0.4, 0.5) is 0 Å². The highest BCUT2D eigenvalue weighted by molar-refractivity contribution is 9.10. The van der Waals surface area contributed by atoms with Gasteiger partial charge in [0.15, 0.2) is 0 Å². The molecular weight excluding hydrogens is 384 g/mol. The van der Waals surface area contributed by atoms with Crippen molar-refractivity contribution >= 4 is 31.9 Å². The molecule has 0 bridgehead atoms. The molecule has 1 unspecified atom stereocenters. The highest BCUT2D eigenvalue weighted by Crippen LogP contribution is 2.29. The normalized spacial score (nSPS) is 12.2. The third kappa shape index (κ3) is 3.84. The molecule has 2 rings (SSSR count). The minimum atomic E-state index is 0.0906. The van der Waals surface area contributed by atoms with E-state index in [9.17, 15) is 5.11 Å². The highest BCUT2D eigenvalue weighted by Gasteiger charge is 2.13. The van der Waals surface area contributed by atoms with Crippen LogP contribution in [0, 0.1) is 0 Å². The number of aliphatic hydroxyl groups excluding tert-OH is 1. The molecule has 20 heavy (non-hydrogen) atoms. The molecule has 106 valence electrons. The Balaban J connectivity index is 2.20. The lowest BCUT2D eigenvalue weighted by molar-refractivity contribution is 0.264. The topological polar surface area (TPSA) is 29.5 Å². The summed E-state index contributed by atoms with van der Waals surface area (Å²) in [4.78, 5) is 0. The predicted octanol–water partition coefficient (Wildman–Crippen LogP) is 4.54. The molecule has 0 amide bonds. The number of benzene rings is 2. The van der Waals surface area contributed by atoms with Crippen LogP contribution in [-0.2, 0) is 6.42 Å². The number of hydrogen-bond acceptors (Lipinski definition) is 2. The molecule has 2 nitrogen and oxygen atoms in total. The number of methoxy groups -OCH3 is 1. The Bertz CT molecular complexity index is 584. The molecule has 0 aliphatic rings. The van der Waals surface area contributed by atoms with Crippen molar-refractivity contribution in [1.82, 2.24) is 0 Å². The summed E-state index contributed by atoms with van der Waals surface area (Å²) in [6.45, 7) is 0.125. The van der Waals surface area contributed by atoms with Crippen molar-refractivity contribution in [3.63, 3.8) is 0 Å². The summed E-state index contributed by atoms with van der Waals surface area (Å²) in [6.07, 6.45) is 0.787. The molecule has 0 spiro atoms. The minimum absolute atomic E-state index is 0.0906. The van der Waals surface area contributed by atoms with Crippen LogP contribution >= 0.6 is 31.9 Å². The molecule has 0 fully saturated rings. The molecule has 0 saturated heterocycles. The molecule has 0 radical (unpaired) electrons. The van der Waals surface area contributed by atoms with E-state index in [1.54, 1.807) is 7.11 Å². The van der Waals surface area contributed by atoms with Gasteiger partial charge in [0.25, 0.3) is 0 Å². The number of rotatable bonds is 5. The van der Waals surface area contributed by atoms with Gasteiger partial charge in [0.2, 0.25) is 0 Å². The number of ether oxygens (including phenoxy) is 1. The molecule has 0 heterocycles. The molecular formula is C16H16Br2O2. The molecule has 2 aromatic rings. The van der Waals surface area contributed by atoms with Gasteiger partial charge in [0.05, 0.1) is 18.2 Å². The summed E-state index contributed by atoms with van der Waals surface area (Å²) in [5.41, 5.74) is 2.30. The van der Waals surface area contributed by atoms with Crippen LogP contribution in [0.2, 0.25) is 0 Å². The smallest absolute Gasteiger partial charge is 0.133 e. The quantitative estimate of drug-likeness (QED) is 0.799. The van der Waals surface area contributed by atoms with Crippen LogP contribution in [0.3, 0.4) is 0 Å². The van der Waals surface area contributed by atoms with Crippen molar-refractivity contribution in [3.05, 3.63) is 62.5 Å². The summed E-state index contributed by atoms with van der Waals surface area (Å²) in [7, 11) is 1.65. The van der Waals surface area contributed by atoms with Crippen LogP contribution in [-0.4, -0.2) is 18.8 Å². The number of hydrogen-bond donors (Lipinski definition) is 1. The molecule has 1 N–H and O–H groups in total. The fraction of sp³-hybridized carbons (Fsp3) is 0.250. The summed E-state index contributed by atoms with van der Waals surface area (Å²) in [6, 6.07) is 14.1. The van der Waals surface area contributed by atoms with Crippen molar-refractivity contribution in [2.24, 2.45) is 0 Å². The fourth-order valence-corrected chi connectivity index (χ4v) is 3.17. The third-order valence-electron chi connectivity index (χ3n) is 3.24. The van der Waals surface area contributed by atoms with Gasteiger partial charge in [-0.25, -0.2) is 0 Å². The maximum Gasteiger partial charge on any atom is 0.133 e. The van der Waals surface area contributed by atoms with E-state index in [0.717, 1.165) is 32.2 Å². The van der Waals surface area contributed by atoms with Gasteiger partial charge in [0, 0.05) is 10.4 Å². The second-order valence-corrected chi connectivity index (χ2v) is 6.38. The average molecular weight is 400 g/mol. The molecule has 0 aromatic heterocycles. The standard InChI is InChI=1S/C16H16Br2O2/c1-20-16-6-5-11(8-15(16)18)7-13(10-19)12-3-2-4-14(17)9-12/h2-6,8-9,13,19H,7,10H2,1H3. The first-order chi connectivity index (χ1) is 9.63. The summed E-state index contributed by atoms with van der Waals surface area (Å²) >= 11 is 6.96. The minimum Gasteiger partial charge on any atom is -0.496 e. The maximum absolute atomic E-state index is 9.65. The largest absolute Gasteiger partial charge is 0.496 e. The summed E-state index contributed by atoms with van der Waals surface area (Å²) < 4.78 is 7.19. The van der Waals surface area contributed by atoms with E-state index in [4.69, 9.17) is 4.74 Å². The Hall–Kier alpha value is -0.840. The molecule has 1 atom stereocenters. The SMILES string of the molecule is COc1ccc(CC(CO)c2cccc(Br)c2)cc1Br. The van der Waals surface area contributed by atoms with Gasteiger partial charge >= 0.3 is 0 Å². The molecule has 0 aliphatic heterocycles. The van der Waals surface area contributed by atoms with Crippen molar-refractivity contribution < 1.29 is 9.84 Å². The van der Waals surface area contributed by atoms with Crippen molar-refractivity contribution in [2.75, 3.05) is 13.7 Å². The second kappa shape index (κ2) is 7.25. The van der Waals surface area contributed by atoms with Crippen LogP contribution in [0.15, 0.2) is 51.4 Å². The number of halogens is 2. The zero-order valence-electron chi connectivity index (χ0n) is 11.1. The van der Waals surface area contributed by atoms with Crippen LogP contribution in [0.5, 0.6) is 5.75 Å². The lowest BCUT2D eigenvalue weighted by atomic mass is 9.93. The Kier molecular flexibility index (Phi) is 5.64. The van der Waals surface area contributed by atoms with Crippen molar-refractivity contribution in [1.29, 1.82) is 0 Å². The summed E-state index contributed by atoms with van der Waals surface area (Å²) in [5, 5.41) is 9.65. The van der Waals surface area contributed by atoms with Gasteiger partial charge in [-0.15, -0.1) is 0 Å². The first-order valence-corrected chi connectivity index (χ1v) is 7.91. The van der Waals surface area contributed by atoms with Gasteiger partial charge < -0.3 is 9.84 Å². The van der Waals surface area contributed by atoms with E-state index < -0.39 is 0 Å². The Morgan fingerprint density at radius 2 is 1.95 bits per heavy atom. The van der Waals surface area contributed by atoms with Gasteiger partial charge in [-0.05, 0) is 57.7 Å².